The van der Waals surface area contributed by atoms with E-state index in [-0.39, 0.29) is 0 Å². The van der Waals surface area contributed by atoms with E-state index in [0.29, 0.717) is 0 Å². The molecule has 0 heterocycles. The predicted molar refractivity (Wildman–Crippen MR) is 36.6 cm³/mol. The first kappa shape index (κ1) is 6.82. The van der Waals surface area contributed by atoms with Gasteiger partial charge in [-0.05, 0) is 6.08 Å². The zero-order valence-corrected chi connectivity index (χ0v) is 4.54. The second kappa shape index (κ2) is 5.82. The SMILES string of the molecule is C=C/C=C/C=N\C=N. The lowest BCUT2D eigenvalue weighted by atomic mass is 10.5. The standard InChI is InChI=1S/C6H8N2/c1-2-3-4-5-8-6-7/h2-7H,1H2/b4-3+,7-6?,8-5-. The van der Waals surface area contributed by atoms with E-state index in [2.05, 4.69) is 11.6 Å². The Labute approximate surface area is 48.8 Å². The highest BCUT2D eigenvalue weighted by Gasteiger charge is 1.55. The number of aliphatic imine (C=N–C) groups is 1. The van der Waals surface area contributed by atoms with Crippen LogP contribution < -0.4 is 0 Å². The van der Waals surface area contributed by atoms with E-state index in [1.165, 1.54) is 6.21 Å². The summed E-state index contributed by atoms with van der Waals surface area (Å²) in [5, 5.41) is 6.46. The number of hydrogen-bond donors (Lipinski definition) is 1. The van der Waals surface area contributed by atoms with Crippen molar-refractivity contribution in [1.82, 2.24) is 0 Å². The fourth-order valence-electron chi connectivity index (χ4n) is 0.221. The van der Waals surface area contributed by atoms with Crippen molar-refractivity contribution in [2.45, 2.75) is 0 Å². The molecule has 0 fully saturated rings. The summed E-state index contributed by atoms with van der Waals surface area (Å²) in [7, 11) is 0. The Kier molecular flexibility index (Phi) is 4.96. The average Bonchev–Trinajstić information content (AvgIpc) is 1.81. The minimum atomic E-state index is 0.980. The highest BCUT2D eigenvalue weighted by Crippen LogP contribution is 1.66. The third kappa shape index (κ3) is 4.82. The molecule has 0 aliphatic heterocycles. The van der Waals surface area contributed by atoms with Crippen LogP contribution in [0.5, 0.6) is 0 Å². The fourth-order valence-corrected chi connectivity index (χ4v) is 0.221. The third-order valence-corrected chi connectivity index (χ3v) is 0.494. The number of rotatable bonds is 3. The van der Waals surface area contributed by atoms with Gasteiger partial charge in [0.05, 0.1) is 0 Å². The summed E-state index contributed by atoms with van der Waals surface area (Å²) in [6, 6.07) is 0. The Morgan fingerprint density at radius 1 is 1.38 bits per heavy atom. The Balaban J connectivity index is 3.41. The van der Waals surface area contributed by atoms with Gasteiger partial charge in [0.2, 0.25) is 0 Å². The summed E-state index contributed by atoms with van der Waals surface area (Å²) in [5.41, 5.74) is 0. The molecule has 0 atom stereocenters. The molecule has 0 aliphatic carbocycles. The highest BCUT2D eigenvalue weighted by atomic mass is 14.7. The number of nitrogens with one attached hydrogen (secondary N) is 1. The summed E-state index contributed by atoms with van der Waals surface area (Å²) in [4.78, 5) is 3.49. The Morgan fingerprint density at radius 3 is 2.62 bits per heavy atom. The zero-order chi connectivity index (χ0) is 6.24. The largest absolute Gasteiger partial charge is 0.290 e. The maximum atomic E-state index is 6.46. The normalized spacial score (nSPS) is 10.5. The predicted octanol–water partition coefficient (Wildman–Crippen LogP) is 1.41. The Bertz CT molecular complexity index is 106. The summed E-state index contributed by atoms with van der Waals surface area (Å²) < 4.78 is 0. The first-order valence-electron chi connectivity index (χ1n) is 2.21. The monoisotopic (exact) mass is 108 g/mol. The van der Waals surface area contributed by atoms with Crippen LogP contribution in [0.25, 0.3) is 0 Å². The lowest BCUT2D eigenvalue weighted by molar-refractivity contribution is 1.52. The summed E-state index contributed by atoms with van der Waals surface area (Å²) in [6.45, 7) is 3.45. The zero-order valence-electron chi connectivity index (χ0n) is 4.54. The second-order valence-corrected chi connectivity index (χ2v) is 1.05. The topological polar surface area (TPSA) is 36.2 Å². The van der Waals surface area contributed by atoms with Gasteiger partial charge in [-0.25, -0.2) is 4.99 Å². The molecule has 0 aliphatic rings. The van der Waals surface area contributed by atoms with Crippen LogP contribution in [-0.2, 0) is 0 Å². The van der Waals surface area contributed by atoms with Crippen LogP contribution in [0.2, 0.25) is 0 Å². The van der Waals surface area contributed by atoms with Crippen LogP contribution in [0, 0.1) is 5.41 Å². The van der Waals surface area contributed by atoms with Gasteiger partial charge in [0.1, 0.15) is 6.34 Å². The van der Waals surface area contributed by atoms with Crippen LogP contribution >= 0.6 is 0 Å². The van der Waals surface area contributed by atoms with E-state index in [9.17, 15) is 0 Å². The molecule has 0 saturated carbocycles. The fraction of sp³-hybridized carbons (Fsp3) is 0. The van der Waals surface area contributed by atoms with Gasteiger partial charge in [-0.3, -0.25) is 5.41 Å². The van der Waals surface area contributed by atoms with Gasteiger partial charge in [-0.2, -0.15) is 0 Å². The summed E-state index contributed by atoms with van der Waals surface area (Å²) in [6.07, 6.45) is 7.60. The quantitative estimate of drug-likeness (QED) is 0.322. The molecule has 0 bridgehead atoms. The van der Waals surface area contributed by atoms with Crippen molar-refractivity contribution in [3.8, 4) is 0 Å². The van der Waals surface area contributed by atoms with Crippen molar-refractivity contribution in [3.63, 3.8) is 0 Å². The molecular weight excluding hydrogens is 100 g/mol. The number of nitrogens with zero attached hydrogens (tertiary/aromatic N) is 1. The molecule has 2 nitrogen and oxygen atoms in total. The molecule has 0 radical (unpaired) electrons. The Hall–Kier alpha value is -1.18. The van der Waals surface area contributed by atoms with E-state index in [1.54, 1.807) is 18.2 Å². The molecule has 0 aromatic carbocycles. The first-order valence-corrected chi connectivity index (χ1v) is 2.21. The van der Waals surface area contributed by atoms with Crippen molar-refractivity contribution in [2.75, 3.05) is 0 Å². The van der Waals surface area contributed by atoms with E-state index in [4.69, 9.17) is 5.41 Å². The van der Waals surface area contributed by atoms with Gasteiger partial charge in [-0.15, -0.1) is 0 Å². The molecule has 0 saturated heterocycles. The Morgan fingerprint density at radius 2 is 2.12 bits per heavy atom. The maximum Gasteiger partial charge on any atom is 0.106 e. The van der Waals surface area contributed by atoms with Gasteiger partial charge in [0.25, 0.3) is 0 Å². The molecule has 42 valence electrons. The van der Waals surface area contributed by atoms with Crippen molar-refractivity contribution in [1.29, 1.82) is 5.41 Å². The molecule has 0 spiro atoms. The van der Waals surface area contributed by atoms with Gasteiger partial charge >= 0.3 is 0 Å². The molecule has 2 heteroatoms. The lowest BCUT2D eigenvalue weighted by Crippen LogP contribution is -1.62. The van der Waals surface area contributed by atoms with Crippen molar-refractivity contribution >= 4 is 12.6 Å². The minimum absolute atomic E-state index is 0.980. The molecule has 0 amide bonds. The highest BCUT2D eigenvalue weighted by molar-refractivity contribution is 5.79. The molecule has 8 heavy (non-hydrogen) atoms. The van der Waals surface area contributed by atoms with Crippen LogP contribution in [0.15, 0.2) is 29.8 Å². The van der Waals surface area contributed by atoms with Crippen molar-refractivity contribution in [3.05, 3.63) is 24.8 Å². The van der Waals surface area contributed by atoms with Crippen molar-refractivity contribution in [2.24, 2.45) is 4.99 Å². The molecular formula is C6H8N2. The van der Waals surface area contributed by atoms with Crippen LogP contribution in [0.1, 0.15) is 0 Å². The van der Waals surface area contributed by atoms with Crippen LogP contribution in [0.4, 0.5) is 0 Å². The number of hydrogen-bond acceptors (Lipinski definition) is 1. The minimum Gasteiger partial charge on any atom is -0.290 e. The first-order chi connectivity index (χ1) is 3.91. The molecule has 0 rings (SSSR count). The van der Waals surface area contributed by atoms with E-state index in [1.807, 2.05) is 0 Å². The van der Waals surface area contributed by atoms with Crippen molar-refractivity contribution < 1.29 is 0 Å². The van der Waals surface area contributed by atoms with Gasteiger partial charge in [0, 0.05) is 6.21 Å². The molecule has 0 unspecified atom stereocenters. The second-order valence-electron chi connectivity index (χ2n) is 1.05. The average molecular weight is 108 g/mol. The molecule has 0 aromatic rings. The number of allylic oxidation sites excluding steroid dienone is 3. The van der Waals surface area contributed by atoms with E-state index < -0.39 is 0 Å². The van der Waals surface area contributed by atoms with E-state index in [0.717, 1.165) is 6.34 Å². The molecule has 0 aromatic heterocycles. The smallest absolute Gasteiger partial charge is 0.106 e. The summed E-state index contributed by atoms with van der Waals surface area (Å²) >= 11 is 0. The van der Waals surface area contributed by atoms with Crippen LogP contribution in [0.3, 0.4) is 0 Å². The maximum absolute atomic E-state index is 6.46. The van der Waals surface area contributed by atoms with Crippen LogP contribution in [-0.4, -0.2) is 12.6 Å². The van der Waals surface area contributed by atoms with E-state index >= 15 is 0 Å². The van der Waals surface area contributed by atoms with Gasteiger partial charge in [0.15, 0.2) is 0 Å². The molecule has 1 N–H and O–H groups in total. The third-order valence-electron chi connectivity index (χ3n) is 0.494. The summed E-state index contributed by atoms with van der Waals surface area (Å²) in [5.74, 6) is 0. The van der Waals surface area contributed by atoms with Gasteiger partial charge in [-0.1, -0.05) is 18.7 Å². The lowest BCUT2D eigenvalue weighted by Gasteiger charge is -1.66. The van der Waals surface area contributed by atoms with Gasteiger partial charge < -0.3 is 0 Å².